The summed E-state index contributed by atoms with van der Waals surface area (Å²) in [7, 11) is 0. The van der Waals surface area contributed by atoms with Crippen LogP contribution in [0.25, 0.3) is 71.6 Å². The molecular weight excluding hydrogens is 737 g/mol. The highest BCUT2D eigenvalue weighted by molar-refractivity contribution is 6.12. The molecule has 0 aliphatic heterocycles. The molecule has 1 unspecified atom stereocenters. The van der Waals surface area contributed by atoms with Gasteiger partial charge in [0.2, 0.25) is 0 Å². The van der Waals surface area contributed by atoms with Crippen LogP contribution in [0.15, 0.2) is 231 Å². The molecule has 0 N–H and O–H groups in total. The van der Waals surface area contributed by atoms with E-state index in [0.29, 0.717) is 0 Å². The summed E-state index contributed by atoms with van der Waals surface area (Å²) in [5.74, 6) is 0. The Balaban J connectivity index is 1.13. The van der Waals surface area contributed by atoms with Crippen molar-refractivity contribution in [2.75, 3.05) is 4.90 Å². The monoisotopic (exact) mass is 774 g/mol. The van der Waals surface area contributed by atoms with Crippen molar-refractivity contribution < 1.29 is 0 Å². The molecule has 1 heterocycles. The molecule has 2 aliphatic rings. The van der Waals surface area contributed by atoms with E-state index in [4.69, 9.17) is 0 Å². The number of anilines is 3. The third kappa shape index (κ3) is 4.73. The van der Waals surface area contributed by atoms with Gasteiger partial charge in [0.05, 0.1) is 16.4 Å². The zero-order valence-corrected chi connectivity index (χ0v) is 33.3. The quantitative estimate of drug-likeness (QED) is 0.169. The molecule has 0 radical (unpaired) electrons. The van der Waals surface area contributed by atoms with Crippen LogP contribution < -0.4 is 4.90 Å². The van der Waals surface area contributed by atoms with Crippen LogP contribution in [0, 0.1) is 0 Å². The molecule has 2 aliphatic carbocycles. The van der Waals surface area contributed by atoms with Crippen molar-refractivity contribution in [3.63, 3.8) is 0 Å². The first-order valence-corrected chi connectivity index (χ1v) is 21.2. The van der Waals surface area contributed by atoms with Gasteiger partial charge >= 0.3 is 0 Å². The molecule has 1 atom stereocenters. The first-order valence-electron chi connectivity index (χ1n) is 21.2. The van der Waals surface area contributed by atoms with Crippen LogP contribution in [0.4, 0.5) is 17.1 Å². The Labute approximate surface area is 354 Å². The number of fused-ring (bicyclic) bond motifs is 12. The summed E-state index contributed by atoms with van der Waals surface area (Å²) in [5, 5.41) is 5.07. The molecule has 0 bridgehead atoms. The summed E-state index contributed by atoms with van der Waals surface area (Å²) < 4.78 is 2.41. The van der Waals surface area contributed by atoms with Crippen LogP contribution in [-0.4, -0.2) is 4.57 Å². The maximum Gasteiger partial charge on any atom is 0.0732 e. The second kappa shape index (κ2) is 13.0. The minimum Gasteiger partial charge on any atom is -0.310 e. The van der Waals surface area contributed by atoms with E-state index in [0.717, 1.165) is 22.7 Å². The molecule has 284 valence electrons. The summed E-state index contributed by atoms with van der Waals surface area (Å²) in [6.45, 7) is 0. The van der Waals surface area contributed by atoms with Crippen LogP contribution in [0.1, 0.15) is 22.3 Å². The van der Waals surface area contributed by atoms with Gasteiger partial charge in [-0.2, -0.15) is 0 Å². The smallest absolute Gasteiger partial charge is 0.0732 e. The fourth-order valence-corrected chi connectivity index (χ4v) is 11.0. The summed E-state index contributed by atoms with van der Waals surface area (Å²) in [6.07, 6.45) is 0. The second-order valence-corrected chi connectivity index (χ2v) is 16.4. The number of nitrogens with zero attached hydrogens (tertiary/aromatic N) is 2. The maximum atomic E-state index is 2.51. The third-order valence-corrected chi connectivity index (χ3v) is 13.4. The highest BCUT2D eigenvalue weighted by Crippen LogP contribution is 2.64. The van der Waals surface area contributed by atoms with Crippen LogP contribution in [0.2, 0.25) is 0 Å². The molecule has 61 heavy (non-hydrogen) atoms. The lowest BCUT2D eigenvalue weighted by Crippen LogP contribution is -2.32. The Morgan fingerprint density at radius 3 is 1.70 bits per heavy atom. The lowest BCUT2D eigenvalue weighted by Gasteiger charge is -2.41. The molecule has 13 rings (SSSR count). The van der Waals surface area contributed by atoms with Gasteiger partial charge in [0.1, 0.15) is 0 Å². The largest absolute Gasteiger partial charge is 0.310 e. The molecule has 1 aromatic heterocycles. The molecule has 0 saturated heterocycles. The Bertz CT molecular complexity index is 3530. The molecule has 2 heteroatoms. The Kier molecular flexibility index (Phi) is 7.26. The van der Waals surface area contributed by atoms with Crippen LogP contribution >= 0.6 is 0 Å². The van der Waals surface area contributed by atoms with E-state index < -0.39 is 5.41 Å². The van der Waals surface area contributed by atoms with Crippen LogP contribution in [-0.2, 0) is 5.41 Å². The van der Waals surface area contributed by atoms with E-state index in [1.807, 2.05) is 0 Å². The topological polar surface area (TPSA) is 8.17 Å². The van der Waals surface area contributed by atoms with Crippen molar-refractivity contribution >= 4 is 49.6 Å². The zero-order chi connectivity index (χ0) is 40.1. The van der Waals surface area contributed by atoms with Gasteiger partial charge in [0.25, 0.3) is 0 Å². The van der Waals surface area contributed by atoms with E-state index in [1.165, 1.54) is 88.2 Å². The van der Waals surface area contributed by atoms with E-state index in [1.54, 1.807) is 0 Å². The molecule has 0 fully saturated rings. The molecule has 2 nitrogen and oxygen atoms in total. The molecular formula is C59H38N2. The van der Waals surface area contributed by atoms with Gasteiger partial charge in [0.15, 0.2) is 0 Å². The summed E-state index contributed by atoms with van der Waals surface area (Å²) in [4.78, 5) is 2.45. The van der Waals surface area contributed by atoms with Gasteiger partial charge in [-0.3, -0.25) is 0 Å². The average Bonchev–Trinajstić information content (AvgIpc) is 3.81. The molecule has 11 aromatic rings. The van der Waals surface area contributed by atoms with Crippen molar-refractivity contribution in [3.05, 3.63) is 253 Å². The lowest BCUT2D eigenvalue weighted by atomic mass is 9.60. The highest BCUT2D eigenvalue weighted by atomic mass is 15.1. The normalized spacial score (nSPS) is 14.6. The molecule has 10 aromatic carbocycles. The Morgan fingerprint density at radius 1 is 0.344 bits per heavy atom. The Hall–Kier alpha value is -7.94. The number of benzene rings is 10. The number of para-hydroxylation sites is 3. The molecule has 0 saturated carbocycles. The zero-order valence-electron chi connectivity index (χ0n) is 33.3. The number of hydrogen-bond acceptors (Lipinski definition) is 1. The fraction of sp³-hybridized carbons (Fsp3) is 0.0169. The summed E-state index contributed by atoms with van der Waals surface area (Å²) in [5.41, 5.74) is 19.2. The second-order valence-electron chi connectivity index (χ2n) is 16.4. The number of hydrogen-bond donors (Lipinski definition) is 0. The van der Waals surface area contributed by atoms with Gasteiger partial charge in [-0.25, -0.2) is 0 Å². The van der Waals surface area contributed by atoms with Crippen molar-refractivity contribution in [2.45, 2.75) is 5.41 Å². The summed E-state index contributed by atoms with van der Waals surface area (Å²) >= 11 is 0. The highest BCUT2D eigenvalue weighted by Gasteiger charge is 2.51. The molecule has 1 spiro atoms. The number of aromatic nitrogens is 1. The summed E-state index contributed by atoms with van der Waals surface area (Å²) in [6, 6.07) is 85.5. The third-order valence-electron chi connectivity index (χ3n) is 13.4. The maximum absolute atomic E-state index is 2.51. The van der Waals surface area contributed by atoms with Crippen LogP contribution in [0.3, 0.4) is 0 Å². The lowest BCUT2D eigenvalue weighted by molar-refractivity contribution is 0.775. The van der Waals surface area contributed by atoms with Gasteiger partial charge < -0.3 is 9.47 Å². The number of rotatable bonds is 5. The van der Waals surface area contributed by atoms with E-state index >= 15 is 0 Å². The average molecular weight is 775 g/mol. The predicted octanol–water partition coefficient (Wildman–Crippen LogP) is 15.4. The van der Waals surface area contributed by atoms with Crippen LogP contribution in [0.5, 0.6) is 0 Å². The minimum atomic E-state index is -0.594. The predicted molar refractivity (Wildman–Crippen MR) is 255 cm³/mol. The van der Waals surface area contributed by atoms with Crippen molar-refractivity contribution in [1.82, 2.24) is 4.57 Å². The van der Waals surface area contributed by atoms with E-state index in [9.17, 15) is 0 Å². The fourth-order valence-electron chi connectivity index (χ4n) is 11.0. The van der Waals surface area contributed by atoms with Gasteiger partial charge in [-0.05, 0) is 121 Å². The Morgan fingerprint density at radius 2 is 0.918 bits per heavy atom. The van der Waals surface area contributed by atoms with Crippen molar-refractivity contribution in [1.29, 1.82) is 0 Å². The molecule has 0 amide bonds. The minimum absolute atomic E-state index is 0.594. The standard InChI is InChI=1S/C59H38N2/c1-4-17-39(18-5-1)45-34-31-40-19-16-27-51-47-25-11-14-29-53(47)59(58(45)57(40)51)52-28-13-10-24-46(52)48-35-32-43(37-54(48)59)60(41-20-6-2-7-21-41)44-33-36-50-49-26-12-15-30-55(49)61(56(50)38-44)42-22-8-3-9-23-42/h1-38H. The first kappa shape index (κ1) is 34.0. The van der Waals surface area contributed by atoms with Gasteiger partial charge in [0, 0.05) is 33.5 Å². The van der Waals surface area contributed by atoms with E-state index in [2.05, 4.69) is 240 Å². The van der Waals surface area contributed by atoms with Gasteiger partial charge in [-0.15, -0.1) is 0 Å². The van der Waals surface area contributed by atoms with Gasteiger partial charge in [-0.1, -0.05) is 176 Å². The van der Waals surface area contributed by atoms with Crippen molar-refractivity contribution in [2.24, 2.45) is 0 Å². The van der Waals surface area contributed by atoms with E-state index in [-0.39, 0.29) is 0 Å². The van der Waals surface area contributed by atoms with Crippen molar-refractivity contribution in [3.8, 4) is 39.1 Å². The first-order chi connectivity index (χ1) is 30.3. The SMILES string of the molecule is c1ccc(-c2ccc3cccc4c3c2C2(c3ccccc3-c3ccc(N(c5ccccc5)c5ccc6c7ccccc7n(-c7ccccc7)c6c5)cc32)c2ccccc2-4)cc1.